The third-order valence-corrected chi connectivity index (χ3v) is 1.62. The van der Waals surface area contributed by atoms with Gasteiger partial charge in [0.2, 0.25) is 0 Å². The molecule has 2 heteroatoms. The van der Waals surface area contributed by atoms with Crippen molar-refractivity contribution < 1.29 is 4.74 Å². The van der Waals surface area contributed by atoms with Gasteiger partial charge in [-0.15, -0.1) is 0 Å². The van der Waals surface area contributed by atoms with Gasteiger partial charge in [0.25, 0.3) is 0 Å². The highest BCUT2D eigenvalue weighted by atomic mass is 16.5. The van der Waals surface area contributed by atoms with Crippen LogP contribution < -0.4 is 4.74 Å². The fourth-order valence-corrected chi connectivity index (χ4v) is 0.967. The molecule has 0 amide bonds. The van der Waals surface area contributed by atoms with Crippen LogP contribution in [-0.4, -0.2) is 13.8 Å². The molecule has 62 valence electrons. The lowest BCUT2D eigenvalue weighted by atomic mass is 10.1. The van der Waals surface area contributed by atoms with Crippen molar-refractivity contribution in [1.82, 2.24) is 0 Å². The van der Waals surface area contributed by atoms with E-state index in [1.165, 1.54) is 0 Å². The van der Waals surface area contributed by atoms with E-state index in [0.29, 0.717) is 0 Å². The minimum atomic E-state index is 0.803. The Bertz CT molecular complexity index is 305. The molecule has 1 aromatic carbocycles. The van der Waals surface area contributed by atoms with Gasteiger partial charge in [-0.2, -0.15) is 0 Å². The molecule has 0 radical (unpaired) electrons. The molecule has 0 unspecified atom stereocenters. The van der Waals surface area contributed by atoms with Gasteiger partial charge in [0, 0.05) is 5.56 Å². The third-order valence-electron chi connectivity index (χ3n) is 1.62. The smallest absolute Gasteiger partial charge is 0.119 e. The first-order valence-corrected chi connectivity index (χ1v) is 3.59. The van der Waals surface area contributed by atoms with E-state index in [4.69, 9.17) is 4.74 Å². The van der Waals surface area contributed by atoms with Gasteiger partial charge < -0.3 is 4.74 Å². The molecule has 0 bridgehead atoms. The monoisotopic (exact) mass is 161 g/mol. The first kappa shape index (κ1) is 8.53. The Morgan fingerprint density at radius 3 is 2.75 bits per heavy atom. The molecule has 12 heavy (non-hydrogen) atoms. The van der Waals surface area contributed by atoms with E-state index in [1.807, 2.05) is 18.2 Å². The number of nitrogens with zero attached hydrogens (tertiary/aromatic N) is 1. The molecule has 0 aromatic heterocycles. The summed E-state index contributed by atoms with van der Waals surface area (Å²) in [6.07, 6.45) is 1.73. The van der Waals surface area contributed by atoms with Crippen LogP contribution in [0.25, 0.3) is 6.08 Å². The Labute approximate surface area is 72.2 Å². The number of benzene rings is 1. The molecule has 2 nitrogen and oxygen atoms in total. The fourth-order valence-electron chi connectivity index (χ4n) is 0.967. The summed E-state index contributed by atoms with van der Waals surface area (Å²) in [6, 6.07) is 5.57. The molecule has 0 saturated carbocycles. The Morgan fingerprint density at radius 2 is 2.25 bits per heavy atom. The van der Waals surface area contributed by atoms with Crippen molar-refractivity contribution in [1.29, 1.82) is 0 Å². The number of aliphatic imine (C=N–C) groups is 1. The maximum Gasteiger partial charge on any atom is 0.119 e. The highest BCUT2D eigenvalue weighted by molar-refractivity contribution is 5.66. The molecular formula is C10H11NO. The standard InChI is InChI=1S/C10H11NO/c1-4-8-7-9(12-3)5-6-10(8)11-2/h4-7H,1-2H2,3H3. The minimum Gasteiger partial charge on any atom is -0.497 e. The SMILES string of the molecule is C=Cc1cc(OC)ccc1N=C. The van der Waals surface area contributed by atoms with Gasteiger partial charge in [0.15, 0.2) is 0 Å². The maximum absolute atomic E-state index is 5.05. The highest BCUT2D eigenvalue weighted by Crippen LogP contribution is 2.24. The lowest BCUT2D eigenvalue weighted by molar-refractivity contribution is 0.415. The largest absolute Gasteiger partial charge is 0.497 e. The second-order valence-electron chi connectivity index (χ2n) is 2.29. The first-order valence-electron chi connectivity index (χ1n) is 3.59. The number of hydrogen-bond acceptors (Lipinski definition) is 2. The Hall–Kier alpha value is -1.57. The molecule has 0 spiro atoms. The van der Waals surface area contributed by atoms with Gasteiger partial charge in [-0.25, -0.2) is 0 Å². The zero-order valence-corrected chi connectivity index (χ0v) is 7.08. The molecule has 1 rings (SSSR count). The first-order chi connectivity index (χ1) is 5.81. The van der Waals surface area contributed by atoms with Crippen LogP contribution in [0.4, 0.5) is 5.69 Å². The second kappa shape index (κ2) is 3.72. The maximum atomic E-state index is 5.05. The highest BCUT2D eigenvalue weighted by Gasteiger charge is 1.97. The summed E-state index contributed by atoms with van der Waals surface area (Å²) in [5.41, 5.74) is 1.76. The fraction of sp³-hybridized carbons (Fsp3) is 0.100. The van der Waals surface area contributed by atoms with Crippen LogP contribution in [0.2, 0.25) is 0 Å². The number of ether oxygens (including phenoxy) is 1. The molecule has 0 atom stereocenters. The van der Waals surface area contributed by atoms with Gasteiger partial charge in [-0.3, -0.25) is 4.99 Å². The van der Waals surface area contributed by atoms with Gasteiger partial charge in [0.1, 0.15) is 5.75 Å². The lowest BCUT2D eigenvalue weighted by Crippen LogP contribution is -1.83. The average molecular weight is 161 g/mol. The van der Waals surface area contributed by atoms with Crippen molar-refractivity contribution in [2.45, 2.75) is 0 Å². The van der Waals surface area contributed by atoms with E-state index in [9.17, 15) is 0 Å². The molecule has 0 aliphatic carbocycles. The van der Waals surface area contributed by atoms with E-state index < -0.39 is 0 Å². The van der Waals surface area contributed by atoms with E-state index in [2.05, 4.69) is 18.3 Å². The molecular weight excluding hydrogens is 150 g/mol. The zero-order chi connectivity index (χ0) is 8.97. The average Bonchev–Trinajstić information content (AvgIpc) is 2.16. The van der Waals surface area contributed by atoms with Crippen molar-refractivity contribution in [3.63, 3.8) is 0 Å². The number of methoxy groups -OCH3 is 1. The van der Waals surface area contributed by atoms with Gasteiger partial charge in [-0.1, -0.05) is 12.7 Å². The van der Waals surface area contributed by atoms with Crippen LogP contribution in [0.5, 0.6) is 5.75 Å². The lowest BCUT2D eigenvalue weighted by Gasteiger charge is -2.03. The summed E-state index contributed by atoms with van der Waals surface area (Å²) < 4.78 is 5.05. The zero-order valence-electron chi connectivity index (χ0n) is 7.08. The Kier molecular flexibility index (Phi) is 2.64. The Morgan fingerprint density at radius 1 is 1.50 bits per heavy atom. The summed E-state index contributed by atoms with van der Waals surface area (Å²) in [5.74, 6) is 0.803. The van der Waals surface area contributed by atoms with Crippen LogP contribution in [0.15, 0.2) is 29.8 Å². The van der Waals surface area contributed by atoms with E-state index in [0.717, 1.165) is 17.0 Å². The van der Waals surface area contributed by atoms with Gasteiger partial charge in [0.05, 0.1) is 12.8 Å². The predicted molar refractivity (Wildman–Crippen MR) is 52.3 cm³/mol. The normalized spacial score (nSPS) is 9.08. The van der Waals surface area contributed by atoms with Gasteiger partial charge >= 0.3 is 0 Å². The summed E-state index contributed by atoms with van der Waals surface area (Å²) in [4.78, 5) is 3.84. The molecule has 0 aliphatic heterocycles. The summed E-state index contributed by atoms with van der Waals surface area (Å²) in [7, 11) is 1.63. The van der Waals surface area contributed by atoms with E-state index in [-0.39, 0.29) is 0 Å². The van der Waals surface area contributed by atoms with Crippen LogP contribution in [-0.2, 0) is 0 Å². The summed E-state index contributed by atoms with van der Waals surface area (Å²) >= 11 is 0. The van der Waals surface area contributed by atoms with Crippen molar-refractivity contribution in [3.8, 4) is 5.75 Å². The molecule has 0 saturated heterocycles. The summed E-state index contributed by atoms with van der Waals surface area (Å²) in [5, 5.41) is 0. The topological polar surface area (TPSA) is 21.6 Å². The van der Waals surface area contributed by atoms with Crippen LogP contribution in [0.1, 0.15) is 5.56 Å². The molecule has 0 N–H and O–H groups in total. The Balaban J connectivity index is 3.18. The molecule has 1 aromatic rings. The van der Waals surface area contributed by atoms with Crippen molar-refractivity contribution in [2.24, 2.45) is 4.99 Å². The van der Waals surface area contributed by atoms with Crippen molar-refractivity contribution in [2.75, 3.05) is 7.11 Å². The quantitative estimate of drug-likeness (QED) is 0.624. The summed E-state index contributed by atoms with van der Waals surface area (Å²) in [6.45, 7) is 7.13. The van der Waals surface area contributed by atoms with Gasteiger partial charge in [-0.05, 0) is 24.9 Å². The number of rotatable bonds is 3. The van der Waals surface area contributed by atoms with Crippen LogP contribution >= 0.6 is 0 Å². The number of hydrogen-bond donors (Lipinski definition) is 0. The molecule has 0 fully saturated rings. The van der Waals surface area contributed by atoms with Crippen molar-refractivity contribution in [3.05, 3.63) is 30.3 Å². The molecule has 0 aliphatic rings. The molecule has 0 heterocycles. The predicted octanol–water partition coefficient (Wildman–Crippen LogP) is 2.67. The van der Waals surface area contributed by atoms with E-state index in [1.54, 1.807) is 13.2 Å². The second-order valence-corrected chi connectivity index (χ2v) is 2.29. The third kappa shape index (κ3) is 1.53. The van der Waals surface area contributed by atoms with Crippen molar-refractivity contribution >= 4 is 18.5 Å². The van der Waals surface area contributed by atoms with Crippen LogP contribution in [0.3, 0.4) is 0 Å². The van der Waals surface area contributed by atoms with E-state index >= 15 is 0 Å². The van der Waals surface area contributed by atoms with Crippen LogP contribution in [0, 0.1) is 0 Å². The minimum absolute atomic E-state index is 0.803.